The third kappa shape index (κ3) is 23.3. The van der Waals surface area contributed by atoms with Gasteiger partial charge in [0, 0.05) is 11.8 Å². The Bertz CT molecular complexity index is 196. The van der Waals surface area contributed by atoms with Crippen molar-refractivity contribution in [2.24, 2.45) is 23.7 Å². The van der Waals surface area contributed by atoms with Crippen molar-refractivity contribution in [2.75, 3.05) is 0 Å². The van der Waals surface area contributed by atoms with E-state index in [-0.39, 0.29) is 0 Å². The molecule has 0 aromatic carbocycles. The second-order valence-corrected chi connectivity index (χ2v) is 5.47. The molecule has 0 aromatic heterocycles. The van der Waals surface area contributed by atoms with Gasteiger partial charge in [0.25, 0.3) is 0 Å². The molecular formula is C16H30. The van der Waals surface area contributed by atoms with Gasteiger partial charge in [0.2, 0.25) is 0 Å². The minimum Gasteiger partial charge on any atom is -0.100 e. The lowest BCUT2D eigenvalue weighted by Crippen LogP contribution is -1.82. The molecule has 0 heterocycles. The van der Waals surface area contributed by atoms with Gasteiger partial charge in [-0.2, -0.15) is 0 Å². The van der Waals surface area contributed by atoms with Crippen LogP contribution in [0.4, 0.5) is 0 Å². The fourth-order valence-corrected chi connectivity index (χ4v) is 0.778. The molecule has 0 N–H and O–H groups in total. The second-order valence-electron chi connectivity index (χ2n) is 5.47. The van der Waals surface area contributed by atoms with Gasteiger partial charge in [-0.25, -0.2) is 0 Å². The van der Waals surface area contributed by atoms with Crippen LogP contribution in [-0.4, -0.2) is 0 Å². The first kappa shape index (κ1) is 17.7. The predicted octanol–water partition coefficient (Wildman–Crippen LogP) is 5.16. The zero-order chi connectivity index (χ0) is 13.1. The van der Waals surface area contributed by atoms with Crippen molar-refractivity contribution >= 4 is 0 Å². The van der Waals surface area contributed by atoms with E-state index < -0.39 is 0 Å². The highest BCUT2D eigenvalue weighted by Gasteiger charge is 1.85. The third-order valence-electron chi connectivity index (χ3n) is 1.54. The molecule has 16 heavy (non-hydrogen) atoms. The fraction of sp³-hybridized carbons (Fsp3) is 0.750. The monoisotopic (exact) mass is 222 g/mol. The Morgan fingerprint density at radius 2 is 0.812 bits per heavy atom. The van der Waals surface area contributed by atoms with E-state index >= 15 is 0 Å². The summed E-state index contributed by atoms with van der Waals surface area (Å²) in [5.41, 5.74) is 0. The van der Waals surface area contributed by atoms with E-state index in [0.717, 1.165) is 0 Å². The summed E-state index contributed by atoms with van der Waals surface area (Å²) in [6.07, 6.45) is 4.48. The summed E-state index contributed by atoms with van der Waals surface area (Å²) < 4.78 is 0. The molecule has 0 fully saturated rings. The van der Waals surface area contributed by atoms with Gasteiger partial charge in [-0.05, 0) is 11.8 Å². The molecule has 0 aliphatic carbocycles. The summed E-state index contributed by atoms with van der Waals surface area (Å²) in [6.45, 7) is 17.2. The molecule has 0 bridgehead atoms. The SMILES string of the molecule is CC(C)C#CC(C)C.CC(C)C=CC(C)C. The summed E-state index contributed by atoms with van der Waals surface area (Å²) in [4.78, 5) is 0. The first-order valence-corrected chi connectivity index (χ1v) is 6.45. The normalized spacial score (nSPS) is 10.8. The molecule has 0 unspecified atom stereocenters. The quantitative estimate of drug-likeness (QED) is 0.447. The molecular weight excluding hydrogens is 192 g/mol. The zero-order valence-corrected chi connectivity index (χ0v) is 12.5. The lowest BCUT2D eigenvalue weighted by molar-refractivity contribution is 0.780. The largest absolute Gasteiger partial charge is 0.100 e. The van der Waals surface area contributed by atoms with Crippen LogP contribution in [-0.2, 0) is 0 Å². The van der Waals surface area contributed by atoms with Crippen LogP contribution in [0.5, 0.6) is 0 Å². The Labute approximate surface area is 104 Å². The van der Waals surface area contributed by atoms with Gasteiger partial charge in [-0.15, -0.1) is 11.8 Å². The average molecular weight is 222 g/mol. The average Bonchev–Trinajstić information content (AvgIpc) is 2.12. The van der Waals surface area contributed by atoms with Crippen LogP contribution < -0.4 is 0 Å². The molecule has 0 saturated heterocycles. The van der Waals surface area contributed by atoms with Gasteiger partial charge in [0.1, 0.15) is 0 Å². The summed E-state index contributed by atoms with van der Waals surface area (Å²) in [7, 11) is 0. The summed E-state index contributed by atoms with van der Waals surface area (Å²) in [6, 6.07) is 0. The molecule has 0 radical (unpaired) electrons. The Hall–Kier alpha value is -0.700. The molecule has 0 spiro atoms. The number of rotatable bonds is 2. The van der Waals surface area contributed by atoms with Crippen molar-refractivity contribution < 1.29 is 0 Å². The number of allylic oxidation sites excluding steroid dienone is 2. The maximum Gasteiger partial charge on any atom is 0.0146 e. The van der Waals surface area contributed by atoms with E-state index in [1.165, 1.54) is 0 Å². The van der Waals surface area contributed by atoms with Crippen molar-refractivity contribution in [1.29, 1.82) is 0 Å². The smallest absolute Gasteiger partial charge is 0.0146 e. The molecule has 94 valence electrons. The predicted molar refractivity (Wildman–Crippen MR) is 76.3 cm³/mol. The van der Waals surface area contributed by atoms with Crippen molar-refractivity contribution in [3.8, 4) is 11.8 Å². The van der Waals surface area contributed by atoms with Crippen LogP contribution in [0.1, 0.15) is 55.4 Å². The second kappa shape index (κ2) is 10.8. The molecule has 0 amide bonds. The highest BCUT2D eigenvalue weighted by molar-refractivity contribution is 5.03. The van der Waals surface area contributed by atoms with Crippen LogP contribution in [0.25, 0.3) is 0 Å². The first-order chi connectivity index (χ1) is 7.25. The van der Waals surface area contributed by atoms with Crippen LogP contribution in [0.2, 0.25) is 0 Å². The number of hydrogen-bond acceptors (Lipinski definition) is 0. The Balaban J connectivity index is 0. The molecule has 0 nitrogen and oxygen atoms in total. The van der Waals surface area contributed by atoms with Crippen LogP contribution in [0, 0.1) is 35.5 Å². The van der Waals surface area contributed by atoms with Crippen LogP contribution in [0.3, 0.4) is 0 Å². The highest BCUT2D eigenvalue weighted by Crippen LogP contribution is 1.99. The van der Waals surface area contributed by atoms with Gasteiger partial charge in [-0.1, -0.05) is 67.5 Å². The van der Waals surface area contributed by atoms with Crippen LogP contribution >= 0.6 is 0 Å². The van der Waals surface area contributed by atoms with E-state index in [0.29, 0.717) is 23.7 Å². The fourth-order valence-electron chi connectivity index (χ4n) is 0.778. The van der Waals surface area contributed by atoms with E-state index in [1.54, 1.807) is 0 Å². The minimum atomic E-state index is 0.525. The van der Waals surface area contributed by atoms with Crippen molar-refractivity contribution in [3.63, 3.8) is 0 Å². The Morgan fingerprint density at radius 3 is 0.938 bits per heavy atom. The van der Waals surface area contributed by atoms with Gasteiger partial charge < -0.3 is 0 Å². The summed E-state index contributed by atoms with van der Waals surface area (Å²) >= 11 is 0. The minimum absolute atomic E-state index is 0.525. The maximum absolute atomic E-state index is 3.09. The molecule has 0 aliphatic rings. The van der Waals surface area contributed by atoms with Gasteiger partial charge in [0.05, 0.1) is 0 Å². The first-order valence-electron chi connectivity index (χ1n) is 6.45. The lowest BCUT2D eigenvalue weighted by atomic mass is 10.1. The zero-order valence-electron chi connectivity index (χ0n) is 12.5. The van der Waals surface area contributed by atoms with Crippen molar-refractivity contribution in [1.82, 2.24) is 0 Å². The van der Waals surface area contributed by atoms with Crippen molar-refractivity contribution in [2.45, 2.75) is 55.4 Å². The number of hydrogen-bond donors (Lipinski definition) is 0. The lowest BCUT2D eigenvalue weighted by Gasteiger charge is -1.95. The van der Waals surface area contributed by atoms with E-state index in [2.05, 4.69) is 79.4 Å². The summed E-state index contributed by atoms with van der Waals surface area (Å²) in [5, 5.41) is 0. The third-order valence-corrected chi connectivity index (χ3v) is 1.54. The molecule has 0 saturated carbocycles. The van der Waals surface area contributed by atoms with Gasteiger partial charge >= 0.3 is 0 Å². The van der Waals surface area contributed by atoms with Gasteiger partial charge in [-0.3, -0.25) is 0 Å². The van der Waals surface area contributed by atoms with Crippen molar-refractivity contribution in [3.05, 3.63) is 12.2 Å². The Morgan fingerprint density at radius 1 is 0.562 bits per heavy atom. The van der Waals surface area contributed by atoms with Crippen LogP contribution in [0.15, 0.2) is 12.2 Å². The topological polar surface area (TPSA) is 0 Å². The molecule has 0 heteroatoms. The molecule has 0 aliphatic heterocycles. The molecule has 0 aromatic rings. The van der Waals surface area contributed by atoms with Gasteiger partial charge in [0.15, 0.2) is 0 Å². The van der Waals surface area contributed by atoms with E-state index in [9.17, 15) is 0 Å². The van der Waals surface area contributed by atoms with E-state index in [1.807, 2.05) is 0 Å². The maximum atomic E-state index is 3.09. The Kier molecular flexibility index (Phi) is 11.9. The highest BCUT2D eigenvalue weighted by atomic mass is 13.9. The summed E-state index contributed by atoms with van der Waals surface area (Å²) in [5.74, 6) is 8.65. The molecule has 0 atom stereocenters. The molecule has 0 rings (SSSR count). The van der Waals surface area contributed by atoms with E-state index in [4.69, 9.17) is 0 Å². The standard InChI is InChI=1S/C8H16.C8H14/c2*1-7(2)5-6-8(3)4/h5-8H,1-4H3;7-8H,1-4H3.